The number of alkyl halides is 3. The molecule has 0 radical (unpaired) electrons. The van der Waals surface area contributed by atoms with Crippen molar-refractivity contribution in [3.8, 4) is 0 Å². The molecule has 0 aliphatic rings. The van der Waals surface area contributed by atoms with Gasteiger partial charge in [0.05, 0.1) is 17.0 Å². The zero-order valence-electron chi connectivity index (χ0n) is 12.6. The number of benzene rings is 1. The summed E-state index contributed by atoms with van der Waals surface area (Å²) in [4.78, 5) is 16.0. The maximum atomic E-state index is 12.8. The topological polar surface area (TPSA) is 68.0 Å². The molecule has 4 nitrogen and oxygen atoms in total. The molecule has 2 rings (SSSR count). The molecule has 1 heterocycles. The number of pyridine rings is 1. The van der Waals surface area contributed by atoms with Crippen LogP contribution in [-0.4, -0.2) is 16.6 Å². The number of hydrogen-bond acceptors (Lipinski definition) is 4. The molecule has 0 spiro atoms. The SMILES string of the molecule is NCc1cc(NC(=O)CSCc2ccccn2)cc(C(F)(F)F)c1. The smallest absolute Gasteiger partial charge is 0.326 e. The van der Waals surface area contributed by atoms with Gasteiger partial charge in [-0.1, -0.05) is 6.07 Å². The van der Waals surface area contributed by atoms with Gasteiger partial charge < -0.3 is 11.1 Å². The van der Waals surface area contributed by atoms with Crippen LogP contribution >= 0.6 is 11.8 Å². The van der Waals surface area contributed by atoms with Crippen molar-refractivity contribution < 1.29 is 18.0 Å². The van der Waals surface area contributed by atoms with E-state index in [1.54, 1.807) is 12.3 Å². The highest BCUT2D eigenvalue weighted by atomic mass is 32.2. The van der Waals surface area contributed by atoms with Crippen LogP contribution in [0.25, 0.3) is 0 Å². The van der Waals surface area contributed by atoms with Crippen LogP contribution in [0.3, 0.4) is 0 Å². The van der Waals surface area contributed by atoms with Crippen LogP contribution < -0.4 is 11.1 Å². The van der Waals surface area contributed by atoms with E-state index in [-0.39, 0.29) is 23.9 Å². The van der Waals surface area contributed by atoms with Crippen LogP contribution in [0, 0.1) is 0 Å². The Balaban J connectivity index is 1.95. The molecule has 0 bridgehead atoms. The monoisotopic (exact) mass is 355 g/mol. The maximum Gasteiger partial charge on any atom is 0.416 e. The van der Waals surface area contributed by atoms with Gasteiger partial charge in [-0.15, -0.1) is 11.8 Å². The van der Waals surface area contributed by atoms with E-state index in [9.17, 15) is 18.0 Å². The Morgan fingerprint density at radius 1 is 1.25 bits per heavy atom. The molecule has 8 heteroatoms. The van der Waals surface area contributed by atoms with Crippen LogP contribution in [0.2, 0.25) is 0 Å². The number of nitrogens with zero attached hydrogens (tertiary/aromatic N) is 1. The number of amides is 1. The van der Waals surface area contributed by atoms with E-state index < -0.39 is 11.7 Å². The summed E-state index contributed by atoms with van der Waals surface area (Å²) < 4.78 is 38.5. The molecule has 2 aromatic rings. The second-order valence-electron chi connectivity index (χ2n) is 4.98. The first-order valence-electron chi connectivity index (χ1n) is 7.07. The Bertz CT molecular complexity index is 693. The Labute approximate surface area is 141 Å². The van der Waals surface area contributed by atoms with Crippen molar-refractivity contribution in [2.24, 2.45) is 5.73 Å². The number of carbonyl (C=O) groups is 1. The molecule has 1 aromatic heterocycles. The normalized spacial score (nSPS) is 11.3. The molecule has 0 unspecified atom stereocenters. The van der Waals surface area contributed by atoms with Gasteiger partial charge in [-0.3, -0.25) is 9.78 Å². The van der Waals surface area contributed by atoms with E-state index in [0.717, 1.165) is 17.8 Å². The first-order chi connectivity index (χ1) is 11.4. The summed E-state index contributed by atoms with van der Waals surface area (Å²) in [7, 11) is 0. The number of rotatable bonds is 6. The van der Waals surface area contributed by atoms with Crippen molar-refractivity contribution in [2.45, 2.75) is 18.5 Å². The first kappa shape index (κ1) is 18.3. The van der Waals surface area contributed by atoms with Gasteiger partial charge in [0, 0.05) is 24.2 Å². The van der Waals surface area contributed by atoms with Gasteiger partial charge >= 0.3 is 6.18 Å². The first-order valence-corrected chi connectivity index (χ1v) is 8.22. The molecule has 0 saturated carbocycles. The van der Waals surface area contributed by atoms with Crippen LogP contribution in [0.1, 0.15) is 16.8 Å². The number of thioether (sulfide) groups is 1. The van der Waals surface area contributed by atoms with E-state index in [4.69, 9.17) is 5.73 Å². The molecule has 1 aromatic carbocycles. The van der Waals surface area contributed by atoms with Crippen molar-refractivity contribution in [3.05, 3.63) is 59.4 Å². The number of hydrogen-bond donors (Lipinski definition) is 2. The summed E-state index contributed by atoms with van der Waals surface area (Å²) >= 11 is 1.33. The third-order valence-corrected chi connectivity index (χ3v) is 4.02. The standard InChI is InChI=1S/C16H16F3N3OS/c17-16(18,19)12-5-11(8-20)6-14(7-12)22-15(23)10-24-9-13-3-1-2-4-21-13/h1-7H,8-10,20H2,(H,22,23). The summed E-state index contributed by atoms with van der Waals surface area (Å²) in [6, 6.07) is 8.80. The molecule has 0 atom stereocenters. The number of nitrogens with one attached hydrogen (secondary N) is 1. The van der Waals surface area contributed by atoms with E-state index in [1.165, 1.54) is 17.8 Å². The largest absolute Gasteiger partial charge is 0.416 e. The highest BCUT2D eigenvalue weighted by Crippen LogP contribution is 2.32. The van der Waals surface area contributed by atoms with Crippen molar-refractivity contribution in [3.63, 3.8) is 0 Å². The summed E-state index contributed by atoms with van der Waals surface area (Å²) in [5.41, 5.74) is 5.81. The van der Waals surface area contributed by atoms with Crippen LogP contribution in [0.15, 0.2) is 42.6 Å². The molecule has 24 heavy (non-hydrogen) atoms. The molecule has 0 saturated heterocycles. The fourth-order valence-electron chi connectivity index (χ4n) is 1.97. The second kappa shape index (κ2) is 8.16. The minimum atomic E-state index is -4.49. The van der Waals surface area contributed by atoms with E-state index in [1.807, 2.05) is 12.1 Å². The van der Waals surface area contributed by atoms with Crippen molar-refractivity contribution in [1.29, 1.82) is 0 Å². The average Bonchev–Trinajstić information content (AvgIpc) is 2.54. The van der Waals surface area contributed by atoms with Crippen molar-refractivity contribution in [2.75, 3.05) is 11.1 Å². The summed E-state index contributed by atoms with van der Waals surface area (Å²) in [6.07, 6.45) is -2.83. The van der Waals surface area contributed by atoms with Gasteiger partial charge in [0.15, 0.2) is 0 Å². The molecule has 0 fully saturated rings. The van der Waals surface area contributed by atoms with Crippen molar-refractivity contribution >= 4 is 23.4 Å². The lowest BCUT2D eigenvalue weighted by Gasteiger charge is -2.12. The molecule has 0 aliphatic carbocycles. The second-order valence-corrected chi connectivity index (χ2v) is 5.97. The molecule has 3 N–H and O–H groups in total. The summed E-state index contributed by atoms with van der Waals surface area (Å²) in [5, 5.41) is 2.48. The predicted octanol–water partition coefficient (Wildman–Crippen LogP) is 3.43. The number of carbonyl (C=O) groups excluding carboxylic acids is 1. The van der Waals surface area contributed by atoms with Gasteiger partial charge in [-0.05, 0) is 35.9 Å². The number of nitrogens with two attached hydrogens (primary N) is 1. The van der Waals surface area contributed by atoms with Gasteiger partial charge in [0.1, 0.15) is 0 Å². The van der Waals surface area contributed by atoms with Crippen LogP contribution in [0.5, 0.6) is 0 Å². The Morgan fingerprint density at radius 2 is 2.04 bits per heavy atom. The lowest BCUT2D eigenvalue weighted by molar-refractivity contribution is -0.137. The quantitative estimate of drug-likeness (QED) is 0.833. The minimum absolute atomic E-state index is 0.0405. The lowest BCUT2D eigenvalue weighted by Crippen LogP contribution is -2.16. The lowest BCUT2D eigenvalue weighted by atomic mass is 10.1. The molecular weight excluding hydrogens is 339 g/mol. The third-order valence-electron chi connectivity index (χ3n) is 3.05. The number of aromatic nitrogens is 1. The van der Waals surface area contributed by atoms with Gasteiger partial charge in [0.2, 0.25) is 5.91 Å². The molecular formula is C16H16F3N3OS. The van der Waals surface area contributed by atoms with Crippen LogP contribution in [0.4, 0.5) is 18.9 Å². The van der Waals surface area contributed by atoms with Crippen LogP contribution in [-0.2, 0) is 23.3 Å². The Hall–Kier alpha value is -2.06. The summed E-state index contributed by atoms with van der Waals surface area (Å²) in [5.74, 6) is 0.286. The fourth-order valence-corrected chi connectivity index (χ4v) is 2.71. The molecule has 1 amide bonds. The van der Waals surface area contributed by atoms with E-state index >= 15 is 0 Å². The van der Waals surface area contributed by atoms with Gasteiger partial charge in [-0.25, -0.2) is 0 Å². The zero-order valence-corrected chi connectivity index (χ0v) is 13.5. The van der Waals surface area contributed by atoms with Gasteiger partial charge in [0.25, 0.3) is 0 Å². The number of anilines is 1. The van der Waals surface area contributed by atoms with Gasteiger partial charge in [-0.2, -0.15) is 13.2 Å². The highest BCUT2D eigenvalue weighted by molar-refractivity contribution is 7.99. The van der Waals surface area contributed by atoms with E-state index in [0.29, 0.717) is 11.3 Å². The molecule has 128 valence electrons. The van der Waals surface area contributed by atoms with Crippen molar-refractivity contribution in [1.82, 2.24) is 4.98 Å². The summed E-state index contributed by atoms with van der Waals surface area (Å²) in [6.45, 7) is -0.0405. The molecule has 0 aliphatic heterocycles. The highest BCUT2D eigenvalue weighted by Gasteiger charge is 2.31. The third kappa shape index (κ3) is 5.54. The fraction of sp³-hybridized carbons (Fsp3) is 0.250. The predicted molar refractivity (Wildman–Crippen MR) is 88.4 cm³/mol. The Morgan fingerprint density at radius 3 is 2.67 bits per heavy atom. The maximum absolute atomic E-state index is 12.8. The minimum Gasteiger partial charge on any atom is -0.326 e. The Kier molecular flexibility index (Phi) is 6.22. The average molecular weight is 355 g/mol. The zero-order chi connectivity index (χ0) is 17.6. The van der Waals surface area contributed by atoms with E-state index in [2.05, 4.69) is 10.3 Å². The number of halogens is 3.